The molecule has 0 aliphatic carbocycles. The van der Waals surface area contributed by atoms with Crippen molar-refractivity contribution in [1.82, 2.24) is 15.0 Å². The first kappa shape index (κ1) is 15.9. The van der Waals surface area contributed by atoms with Crippen molar-refractivity contribution in [2.75, 3.05) is 18.0 Å². The summed E-state index contributed by atoms with van der Waals surface area (Å²) in [6.45, 7) is 2.13. The number of nitrogens with zero attached hydrogens (tertiary/aromatic N) is 4. The third-order valence-electron chi connectivity index (χ3n) is 4.87. The molecule has 1 aliphatic rings. The van der Waals surface area contributed by atoms with Gasteiger partial charge in [0.25, 0.3) is 0 Å². The highest BCUT2D eigenvalue weighted by Gasteiger charge is 2.15. The molecule has 1 aromatic carbocycles. The minimum atomic E-state index is -0.492. The summed E-state index contributed by atoms with van der Waals surface area (Å²) in [6, 6.07) is 12.8. The summed E-state index contributed by atoms with van der Waals surface area (Å²) in [7, 11) is 0. The minimum Gasteiger partial charge on any atom is -0.436 e. The number of pyridine rings is 2. The van der Waals surface area contributed by atoms with E-state index in [1.165, 1.54) is 25.1 Å². The Labute approximate surface area is 155 Å². The molecule has 0 radical (unpaired) electrons. The lowest BCUT2D eigenvalue weighted by molar-refractivity contribution is 0.584. The van der Waals surface area contributed by atoms with E-state index in [0.717, 1.165) is 41.1 Å². The summed E-state index contributed by atoms with van der Waals surface area (Å²) in [6.07, 6.45) is 5.77. The molecule has 4 aromatic rings. The van der Waals surface area contributed by atoms with Gasteiger partial charge in [-0.2, -0.15) is 4.39 Å². The molecule has 1 aliphatic heterocycles. The van der Waals surface area contributed by atoms with Crippen LogP contribution in [0.25, 0.3) is 33.7 Å². The number of rotatable bonds is 3. The Hall–Kier alpha value is -3.28. The van der Waals surface area contributed by atoms with Gasteiger partial charge in [0.05, 0.1) is 5.56 Å². The third-order valence-corrected chi connectivity index (χ3v) is 4.87. The molecule has 5 nitrogen and oxygen atoms in total. The van der Waals surface area contributed by atoms with Crippen molar-refractivity contribution >= 4 is 16.9 Å². The highest BCUT2D eigenvalue weighted by molar-refractivity contribution is 5.82. The van der Waals surface area contributed by atoms with Gasteiger partial charge in [-0.15, -0.1) is 0 Å². The van der Waals surface area contributed by atoms with Gasteiger partial charge in [0, 0.05) is 31.0 Å². The molecular formula is C21H17FN4O. The number of fused-ring (bicyclic) bond motifs is 1. The summed E-state index contributed by atoms with van der Waals surface area (Å²) < 4.78 is 18.9. The maximum Gasteiger partial charge on any atom is 0.228 e. The number of oxazole rings is 1. The standard InChI is InChI=1S/C21H17FN4O/c22-19-7-4-15(12-23-19)14-3-6-18-17(11-14)25-21(27-18)16-5-8-20(24-13-16)26-9-1-2-10-26/h3-8,11-13H,1-2,9-10H2. The van der Waals surface area contributed by atoms with Crippen LogP contribution in [-0.2, 0) is 0 Å². The molecule has 1 fully saturated rings. The maximum absolute atomic E-state index is 13.0. The number of halogens is 1. The predicted octanol–water partition coefficient (Wildman–Crippen LogP) is 4.69. The molecule has 5 rings (SSSR count). The van der Waals surface area contributed by atoms with Crippen LogP contribution in [0.1, 0.15) is 12.8 Å². The zero-order valence-electron chi connectivity index (χ0n) is 14.6. The van der Waals surface area contributed by atoms with E-state index in [1.807, 2.05) is 36.5 Å². The first-order chi connectivity index (χ1) is 13.3. The second-order valence-electron chi connectivity index (χ2n) is 6.67. The van der Waals surface area contributed by atoms with Gasteiger partial charge < -0.3 is 9.32 Å². The second-order valence-corrected chi connectivity index (χ2v) is 6.67. The average Bonchev–Trinajstić information content (AvgIpc) is 3.38. The van der Waals surface area contributed by atoms with Gasteiger partial charge in [-0.3, -0.25) is 0 Å². The molecule has 0 unspecified atom stereocenters. The fraction of sp³-hybridized carbons (Fsp3) is 0.190. The third kappa shape index (κ3) is 3.03. The second kappa shape index (κ2) is 6.46. The quantitative estimate of drug-likeness (QED) is 0.496. The molecule has 4 heterocycles. The van der Waals surface area contributed by atoms with Crippen molar-refractivity contribution < 1.29 is 8.81 Å². The zero-order valence-corrected chi connectivity index (χ0v) is 14.6. The van der Waals surface area contributed by atoms with Crippen LogP contribution in [0.4, 0.5) is 10.2 Å². The van der Waals surface area contributed by atoms with E-state index in [0.29, 0.717) is 11.5 Å². The van der Waals surface area contributed by atoms with Crippen molar-refractivity contribution in [1.29, 1.82) is 0 Å². The lowest BCUT2D eigenvalue weighted by atomic mass is 10.1. The fourth-order valence-corrected chi connectivity index (χ4v) is 3.42. The van der Waals surface area contributed by atoms with Crippen LogP contribution < -0.4 is 4.90 Å². The lowest BCUT2D eigenvalue weighted by Crippen LogP contribution is -2.18. The van der Waals surface area contributed by atoms with E-state index < -0.39 is 5.95 Å². The van der Waals surface area contributed by atoms with Crippen molar-refractivity contribution in [3.05, 3.63) is 60.8 Å². The summed E-state index contributed by atoms with van der Waals surface area (Å²) >= 11 is 0. The number of benzene rings is 1. The summed E-state index contributed by atoms with van der Waals surface area (Å²) in [4.78, 5) is 15.2. The van der Waals surface area contributed by atoms with E-state index in [1.54, 1.807) is 6.07 Å². The van der Waals surface area contributed by atoms with E-state index in [-0.39, 0.29) is 0 Å². The number of anilines is 1. The molecule has 0 atom stereocenters. The predicted molar refractivity (Wildman–Crippen MR) is 102 cm³/mol. The first-order valence-corrected chi connectivity index (χ1v) is 9.00. The van der Waals surface area contributed by atoms with Crippen molar-refractivity contribution in [3.63, 3.8) is 0 Å². The molecule has 1 saturated heterocycles. The first-order valence-electron chi connectivity index (χ1n) is 9.00. The summed E-state index contributed by atoms with van der Waals surface area (Å²) in [5, 5.41) is 0. The van der Waals surface area contributed by atoms with Crippen molar-refractivity contribution in [3.8, 4) is 22.6 Å². The molecule has 134 valence electrons. The lowest BCUT2D eigenvalue weighted by Gasteiger charge is -2.15. The number of aromatic nitrogens is 3. The zero-order chi connectivity index (χ0) is 18.2. The largest absolute Gasteiger partial charge is 0.436 e. The van der Waals surface area contributed by atoms with Crippen LogP contribution in [0.2, 0.25) is 0 Å². The molecule has 0 bridgehead atoms. The van der Waals surface area contributed by atoms with E-state index in [4.69, 9.17) is 4.42 Å². The minimum absolute atomic E-state index is 0.492. The molecule has 27 heavy (non-hydrogen) atoms. The molecule has 3 aromatic heterocycles. The molecule has 6 heteroatoms. The topological polar surface area (TPSA) is 55.1 Å². The summed E-state index contributed by atoms with van der Waals surface area (Å²) in [5.41, 5.74) is 4.04. The Bertz CT molecular complexity index is 1080. The summed E-state index contributed by atoms with van der Waals surface area (Å²) in [5.74, 6) is 1.05. The van der Waals surface area contributed by atoms with Crippen LogP contribution in [-0.4, -0.2) is 28.0 Å². The van der Waals surface area contributed by atoms with Crippen LogP contribution >= 0.6 is 0 Å². The van der Waals surface area contributed by atoms with Crippen molar-refractivity contribution in [2.45, 2.75) is 12.8 Å². The van der Waals surface area contributed by atoms with Gasteiger partial charge in [0.2, 0.25) is 11.8 Å². The maximum atomic E-state index is 13.0. The normalized spacial score (nSPS) is 14.2. The van der Waals surface area contributed by atoms with E-state index in [2.05, 4.69) is 19.9 Å². The average molecular weight is 360 g/mol. The highest BCUT2D eigenvalue weighted by Crippen LogP contribution is 2.29. The number of hydrogen-bond acceptors (Lipinski definition) is 5. The van der Waals surface area contributed by atoms with Gasteiger partial charge in [-0.25, -0.2) is 15.0 Å². The van der Waals surface area contributed by atoms with Crippen LogP contribution in [0.5, 0.6) is 0 Å². The van der Waals surface area contributed by atoms with Gasteiger partial charge >= 0.3 is 0 Å². The number of hydrogen-bond donors (Lipinski definition) is 0. The smallest absolute Gasteiger partial charge is 0.228 e. The molecule has 0 N–H and O–H groups in total. The molecule has 0 amide bonds. The molecule has 0 saturated carbocycles. The van der Waals surface area contributed by atoms with Crippen LogP contribution in [0.3, 0.4) is 0 Å². The monoisotopic (exact) mass is 360 g/mol. The SMILES string of the molecule is Fc1ccc(-c2ccc3oc(-c4ccc(N5CCCC5)nc4)nc3c2)cn1. The van der Waals surface area contributed by atoms with Crippen LogP contribution in [0.15, 0.2) is 59.3 Å². The Morgan fingerprint density at radius 3 is 2.37 bits per heavy atom. The molecule has 0 spiro atoms. The van der Waals surface area contributed by atoms with E-state index in [9.17, 15) is 4.39 Å². The van der Waals surface area contributed by atoms with E-state index >= 15 is 0 Å². The Morgan fingerprint density at radius 2 is 1.63 bits per heavy atom. The Morgan fingerprint density at radius 1 is 0.852 bits per heavy atom. The van der Waals surface area contributed by atoms with Crippen molar-refractivity contribution in [2.24, 2.45) is 0 Å². The highest BCUT2D eigenvalue weighted by atomic mass is 19.1. The van der Waals surface area contributed by atoms with Crippen LogP contribution in [0, 0.1) is 5.95 Å². The van der Waals surface area contributed by atoms with Gasteiger partial charge in [-0.05, 0) is 54.8 Å². The Balaban J connectivity index is 1.46. The fourth-order valence-electron chi connectivity index (χ4n) is 3.42. The van der Waals surface area contributed by atoms with Gasteiger partial charge in [0.15, 0.2) is 5.58 Å². The Kier molecular flexibility index (Phi) is 3.81. The van der Waals surface area contributed by atoms with Gasteiger partial charge in [-0.1, -0.05) is 6.07 Å². The van der Waals surface area contributed by atoms with Gasteiger partial charge in [0.1, 0.15) is 11.3 Å². The molecular weight excluding hydrogens is 343 g/mol.